The lowest BCUT2D eigenvalue weighted by Crippen LogP contribution is -2.45. The quantitative estimate of drug-likeness (QED) is 0.847. The molecule has 5 nitrogen and oxygen atoms in total. The van der Waals surface area contributed by atoms with Crippen molar-refractivity contribution in [3.63, 3.8) is 0 Å². The molecule has 0 atom stereocenters. The van der Waals surface area contributed by atoms with Gasteiger partial charge in [0.05, 0.1) is 0 Å². The Kier molecular flexibility index (Phi) is 3.52. The van der Waals surface area contributed by atoms with Crippen LogP contribution in [0.2, 0.25) is 0 Å². The zero-order chi connectivity index (χ0) is 13.2. The van der Waals surface area contributed by atoms with E-state index in [1.807, 2.05) is 29.6 Å². The van der Waals surface area contributed by atoms with Gasteiger partial charge in [-0.15, -0.1) is 5.10 Å². The van der Waals surface area contributed by atoms with Gasteiger partial charge in [0.2, 0.25) is 5.95 Å². The molecule has 0 spiro atoms. The molecule has 0 aliphatic carbocycles. The van der Waals surface area contributed by atoms with Gasteiger partial charge in [-0.05, 0) is 31.9 Å². The zero-order valence-corrected chi connectivity index (χ0v) is 11.3. The molecule has 2 aromatic heterocycles. The number of fused-ring (bicyclic) bond motifs is 1. The van der Waals surface area contributed by atoms with Crippen LogP contribution in [0.3, 0.4) is 0 Å². The zero-order valence-electron chi connectivity index (χ0n) is 11.3. The first-order valence-electron chi connectivity index (χ1n) is 6.43. The standard InChI is InChI=1S/C13H21N5/c1-4-13(14,5-2)9-15-12-16-11-8-6-7-10(3)18(11)17-12/h6-8H,4-5,9,14H2,1-3H3,(H,15,17). The lowest BCUT2D eigenvalue weighted by molar-refractivity contribution is 0.417. The summed E-state index contributed by atoms with van der Waals surface area (Å²) >= 11 is 0. The number of nitrogens with zero attached hydrogens (tertiary/aromatic N) is 3. The van der Waals surface area contributed by atoms with Crippen LogP contribution in [0.4, 0.5) is 5.95 Å². The second-order valence-electron chi connectivity index (χ2n) is 4.80. The van der Waals surface area contributed by atoms with Crippen LogP contribution >= 0.6 is 0 Å². The summed E-state index contributed by atoms with van der Waals surface area (Å²) in [6.07, 6.45) is 1.87. The van der Waals surface area contributed by atoms with Crippen molar-refractivity contribution in [3.05, 3.63) is 23.9 Å². The molecule has 0 amide bonds. The maximum Gasteiger partial charge on any atom is 0.243 e. The summed E-state index contributed by atoms with van der Waals surface area (Å²) in [6, 6.07) is 5.94. The molecule has 2 aromatic rings. The average molecular weight is 247 g/mol. The molecule has 2 heterocycles. The van der Waals surface area contributed by atoms with Crippen molar-refractivity contribution in [3.8, 4) is 0 Å². The third kappa shape index (κ3) is 2.46. The van der Waals surface area contributed by atoms with Crippen LogP contribution < -0.4 is 11.1 Å². The third-order valence-corrected chi connectivity index (χ3v) is 3.56. The van der Waals surface area contributed by atoms with E-state index >= 15 is 0 Å². The van der Waals surface area contributed by atoms with Crippen molar-refractivity contribution in [1.82, 2.24) is 14.6 Å². The minimum atomic E-state index is -0.188. The molecule has 0 saturated heterocycles. The van der Waals surface area contributed by atoms with E-state index in [0.717, 1.165) is 24.2 Å². The fourth-order valence-corrected chi connectivity index (χ4v) is 1.87. The number of hydrogen-bond donors (Lipinski definition) is 2. The van der Waals surface area contributed by atoms with Gasteiger partial charge >= 0.3 is 0 Å². The second kappa shape index (κ2) is 4.94. The maximum atomic E-state index is 6.24. The van der Waals surface area contributed by atoms with Crippen molar-refractivity contribution in [2.45, 2.75) is 39.2 Å². The topological polar surface area (TPSA) is 68.2 Å². The summed E-state index contributed by atoms with van der Waals surface area (Å²) < 4.78 is 1.83. The van der Waals surface area contributed by atoms with E-state index in [1.165, 1.54) is 0 Å². The largest absolute Gasteiger partial charge is 0.351 e. The van der Waals surface area contributed by atoms with Crippen molar-refractivity contribution in [2.75, 3.05) is 11.9 Å². The van der Waals surface area contributed by atoms with Gasteiger partial charge in [-0.3, -0.25) is 0 Å². The first-order chi connectivity index (χ1) is 8.58. The normalized spacial score (nSPS) is 12.0. The Labute approximate surface area is 107 Å². The molecule has 18 heavy (non-hydrogen) atoms. The van der Waals surface area contributed by atoms with Gasteiger partial charge < -0.3 is 11.1 Å². The summed E-state index contributed by atoms with van der Waals surface area (Å²) in [7, 11) is 0. The smallest absolute Gasteiger partial charge is 0.243 e. The SMILES string of the molecule is CCC(N)(CC)CNc1nc2cccc(C)n2n1. The minimum Gasteiger partial charge on any atom is -0.351 e. The Bertz CT molecular complexity index is 527. The van der Waals surface area contributed by atoms with E-state index in [4.69, 9.17) is 5.73 Å². The summed E-state index contributed by atoms with van der Waals surface area (Å²) in [5.74, 6) is 0.640. The Balaban J connectivity index is 2.15. The van der Waals surface area contributed by atoms with Gasteiger partial charge in [0, 0.05) is 17.8 Å². The number of hydrogen-bond acceptors (Lipinski definition) is 4. The Hall–Kier alpha value is -1.62. The number of aromatic nitrogens is 3. The van der Waals surface area contributed by atoms with Crippen LogP contribution in [0.25, 0.3) is 5.65 Å². The molecule has 0 aliphatic heterocycles. The Morgan fingerprint density at radius 3 is 2.67 bits per heavy atom. The molecular formula is C13H21N5. The molecule has 0 fully saturated rings. The van der Waals surface area contributed by atoms with E-state index in [1.54, 1.807) is 0 Å². The van der Waals surface area contributed by atoms with E-state index in [0.29, 0.717) is 12.5 Å². The molecular weight excluding hydrogens is 226 g/mol. The van der Waals surface area contributed by atoms with Crippen LogP contribution in [0.5, 0.6) is 0 Å². The van der Waals surface area contributed by atoms with Gasteiger partial charge in [0.25, 0.3) is 0 Å². The monoisotopic (exact) mass is 247 g/mol. The highest BCUT2D eigenvalue weighted by atomic mass is 15.4. The third-order valence-electron chi connectivity index (χ3n) is 3.56. The van der Waals surface area contributed by atoms with Crippen LogP contribution in [0.15, 0.2) is 18.2 Å². The Morgan fingerprint density at radius 1 is 1.33 bits per heavy atom. The highest BCUT2D eigenvalue weighted by Crippen LogP contribution is 2.13. The van der Waals surface area contributed by atoms with E-state index in [-0.39, 0.29) is 5.54 Å². The minimum absolute atomic E-state index is 0.188. The molecule has 5 heteroatoms. The van der Waals surface area contributed by atoms with Crippen molar-refractivity contribution in [2.24, 2.45) is 5.73 Å². The van der Waals surface area contributed by atoms with Crippen molar-refractivity contribution in [1.29, 1.82) is 0 Å². The predicted molar refractivity (Wildman–Crippen MR) is 73.7 cm³/mol. The summed E-state index contributed by atoms with van der Waals surface area (Å²) in [5.41, 5.74) is 7.98. The summed E-state index contributed by atoms with van der Waals surface area (Å²) in [4.78, 5) is 4.43. The molecule has 0 aromatic carbocycles. The lowest BCUT2D eigenvalue weighted by atomic mass is 9.94. The van der Waals surface area contributed by atoms with E-state index in [9.17, 15) is 0 Å². The van der Waals surface area contributed by atoms with Gasteiger partial charge in [-0.2, -0.15) is 4.98 Å². The molecule has 0 unspecified atom stereocenters. The number of nitrogens with one attached hydrogen (secondary N) is 1. The second-order valence-corrected chi connectivity index (χ2v) is 4.80. The number of aryl methyl sites for hydroxylation is 1. The van der Waals surface area contributed by atoms with Crippen molar-refractivity contribution < 1.29 is 0 Å². The number of nitrogens with two attached hydrogens (primary N) is 1. The van der Waals surface area contributed by atoms with Crippen LogP contribution in [0.1, 0.15) is 32.4 Å². The van der Waals surface area contributed by atoms with Gasteiger partial charge in [0.15, 0.2) is 5.65 Å². The summed E-state index contributed by atoms with van der Waals surface area (Å²) in [6.45, 7) is 6.91. The van der Waals surface area contributed by atoms with Gasteiger partial charge in [-0.1, -0.05) is 19.9 Å². The summed E-state index contributed by atoms with van der Waals surface area (Å²) in [5, 5.41) is 7.66. The first kappa shape index (κ1) is 12.8. The highest BCUT2D eigenvalue weighted by molar-refractivity contribution is 5.44. The average Bonchev–Trinajstić information content (AvgIpc) is 2.81. The van der Waals surface area contributed by atoms with Crippen LogP contribution in [-0.4, -0.2) is 26.7 Å². The van der Waals surface area contributed by atoms with Crippen molar-refractivity contribution >= 4 is 11.6 Å². The molecule has 0 bridgehead atoms. The predicted octanol–water partition coefficient (Wildman–Crippen LogP) is 1.97. The maximum absolute atomic E-state index is 6.24. The molecule has 98 valence electrons. The number of rotatable bonds is 5. The van der Waals surface area contributed by atoms with Gasteiger partial charge in [0.1, 0.15) is 0 Å². The Morgan fingerprint density at radius 2 is 2.06 bits per heavy atom. The highest BCUT2D eigenvalue weighted by Gasteiger charge is 2.20. The molecule has 2 rings (SSSR count). The van der Waals surface area contributed by atoms with Crippen LogP contribution in [-0.2, 0) is 0 Å². The molecule has 0 saturated carbocycles. The molecule has 3 N–H and O–H groups in total. The van der Waals surface area contributed by atoms with E-state index < -0.39 is 0 Å². The lowest BCUT2D eigenvalue weighted by Gasteiger charge is -2.26. The first-order valence-corrected chi connectivity index (χ1v) is 6.43. The van der Waals surface area contributed by atoms with E-state index in [2.05, 4.69) is 29.2 Å². The number of anilines is 1. The molecule has 0 aliphatic rings. The van der Waals surface area contributed by atoms with Gasteiger partial charge in [-0.25, -0.2) is 4.52 Å². The molecule has 0 radical (unpaired) electrons. The fraction of sp³-hybridized carbons (Fsp3) is 0.538. The van der Waals surface area contributed by atoms with Crippen LogP contribution in [0, 0.1) is 6.92 Å². The number of pyridine rings is 1. The fourth-order valence-electron chi connectivity index (χ4n) is 1.87.